The summed E-state index contributed by atoms with van der Waals surface area (Å²) in [5.41, 5.74) is -0.649. The lowest BCUT2D eigenvalue weighted by atomic mass is 9.81. The van der Waals surface area contributed by atoms with Gasteiger partial charge in [-0.15, -0.1) is 0 Å². The molecule has 3 aromatic rings. The van der Waals surface area contributed by atoms with Gasteiger partial charge in [0, 0.05) is 6.42 Å². The van der Waals surface area contributed by atoms with E-state index >= 15 is 4.39 Å². The van der Waals surface area contributed by atoms with Gasteiger partial charge in [-0.05, 0) is 63.1 Å². The van der Waals surface area contributed by atoms with E-state index in [0.717, 1.165) is 0 Å². The maximum absolute atomic E-state index is 15.8. The average molecular weight is 424 g/mol. The van der Waals surface area contributed by atoms with E-state index in [9.17, 15) is 9.18 Å². The maximum Gasteiger partial charge on any atom is 0.525 e. The minimum Gasteiger partial charge on any atom is -0.398 e. The van der Waals surface area contributed by atoms with Crippen LogP contribution < -0.4 is 5.56 Å². The fourth-order valence-corrected chi connectivity index (χ4v) is 3.42. The van der Waals surface area contributed by atoms with E-state index in [2.05, 4.69) is 9.97 Å². The number of aromatic nitrogens is 2. The monoisotopic (exact) mass is 424 g/mol. The summed E-state index contributed by atoms with van der Waals surface area (Å²) in [5.74, 6) is -0.444. The molecule has 4 rings (SSSR count). The second-order valence-corrected chi connectivity index (χ2v) is 8.63. The van der Waals surface area contributed by atoms with Crippen LogP contribution in [-0.4, -0.2) is 28.3 Å². The lowest BCUT2D eigenvalue weighted by molar-refractivity contribution is 0.00578. The van der Waals surface area contributed by atoms with Crippen molar-refractivity contribution in [2.75, 3.05) is 0 Å². The summed E-state index contributed by atoms with van der Waals surface area (Å²) in [6, 6.07) is 12.5. The number of allylic oxidation sites excluding steroid dienone is 1. The molecule has 0 saturated carbocycles. The molecule has 1 aliphatic rings. The Kier molecular flexibility index (Phi) is 5.31. The van der Waals surface area contributed by atoms with E-state index in [1.807, 2.05) is 27.7 Å². The third kappa shape index (κ3) is 4.05. The first-order valence-electron chi connectivity index (χ1n) is 10.1. The van der Waals surface area contributed by atoms with Crippen LogP contribution in [-0.2, 0) is 15.7 Å². The Morgan fingerprint density at radius 2 is 1.65 bits per heavy atom. The molecule has 2 aromatic carbocycles. The number of hydrogen-bond donors (Lipinski definition) is 1. The van der Waals surface area contributed by atoms with Crippen LogP contribution in [0.25, 0.3) is 16.6 Å². The van der Waals surface area contributed by atoms with Gasteiger partial charge >= 0.3 is 7.12 Å². The predicted molar refractivity (Wildman–Crippen MR) is 117 cm³/mol. The van der Waals surface area contributed by atoms with Crippen molar-refractivity contribution in [2.45, 2.75) is 45.3 Å². The number of aromatic amines is 1. The zero-order valence-electron chi connectivity index (χ0n) is 17.8. The van der Waals surface area contributed by atoms with E-state index in [1.54, 1.807) is 24.3 Å². The number of para-hydroxylation sites is 2. The Balaban J connectivity index is 1.81. The molecule has 0 atom stereocenters. The van der Waals surface area contributed by atoms with Gasteiger partial charge in [-0.1, -0.05) is 24.3 Å². The second kappa shape index (κ2) is 7.69. The van der Waals surface area contributed by atoms with Crippen molar-refractivity contribution in [3.8, 4) is 0 Å². The predicted octanol–water partition coefficient (Wildman–Crippen LogP) is 4.62. The Morgan fingerprint density at radius 3 is 2.29 bits per heavy atom. The molecular formula is C23H23BF2N2O3. The van der Waals surface area contributed by atoms with Crippen LogP contribution in [0, 0.1) is 5.82 Å². The van der Waals surface area contributed by atoms with E-state index in [4.69, 9.17) is 9.31 Å². The molecule has 5 nitrogen and oxygen atoms in total. The molecule has 8 heteroatoms. The topological polar surface area (TPSA) is 64.2 Å². The van der Waals surface area contributed by atoms with Gasteiger partial charge in [-0.25, -0.2) is 13.8 Å². The molecule has 0 aliphatic carbocycles. The largest absolute Gasteiger partial charge is 0.525 e. The van der Waals surface area contributed by atoms with Crippen molar-refractivity contribution < 1.29 is 18.1 Å². The van der Waals surface area contributed by atoms with E-state index in [0.29, 0.717) is 16.6 Å². The summed E-state index contributed by atoms with van der Waals surface area (Å²) in [6.07, 6.45) is -0.109. The highest BCUT2D eigenvalue weighted by Gasteiger charge is 2.53. The summed E-state index contributed by atoms with van der Waals surface area (Å²) >= 11 is 0. The van der Waals surface area contributed by atoms with Crippen molar-refractivity contribution in [3.05, 3.63) is 81.7 Å². The Labute approximate surface area is 179 Å². The van der Waals surface area contributed by atoms with Crippen molar-refractivity contribution in [1.82, 2.24) is 9.97 Å². The number of halogens is 2. The number of fused-ring (bicyclic) bond motifs is 1. The van der Waals surface area contributed by atoms with E-state index in [-0.39, 0.29) is 17.7 Å². The van der Waals surface area contributed by atoms with Gasteiger partial charge in [0.15, 0.2) is 0 Å². The van der Waals surface area contributed by atoms with Crippen LogP contribution in [0.3, 0.4) is 0 Å². The number of nitrogens with zero attached hydrogens (tertiary/aromatic N) is 1. The summed E-state index contributed by atoms with van der Waals surface area (Å²) in [6.45, 7) is 7.31. The fourth-order valence-electron chi connectivity index (χ4n) is 3.42. The molecule has 1 saturated heterocycles. The SMILES string of the molecule is CC1(C)OB(C(F)=C(Cc2nc3ccccc3[nH]c2=O)c2ccc(F)cc2)OC1(C)C. The molecule has 0 bridgehead atoms. The zero-order valence-corrected chi connectivity index (χ0v) is 17.8. The smallest absolute Gasteiger partial charge is 0.398 e. The molecule has 160 valence electrons. The van der Waals surface area contributed by atoms with Gasteiger partial charge in [0.25, 0.3) is 5.56 Å². The summed E-state index contributed by atoms with van der Waals surface area (Å²) in [5, 5.41) is 0. The minimum absolute atomic E-state index is 0.109. The number of rotatable bonds is 4. The second-order valence-electron chi connectivity index (χ2n) is 8.63. The quantitative estimate of drug-likeness (QED) is 0.621. The van der Waals surface area contributed by atoms with E-state index < -0.39 is 35.4 Å². The lowest BCUT2D eigenvalue weighted by Gasteiger charge is -2.32. The van der Waals surface area contributed by atoms with Crippen LogP contribution in [0.5, 0.6) is 0 Å². The molecule has 31 heavy (non-hydrogen) atoms. The standard InChI is InChI=1S/C23H23BF2N2O3/c1-22(2)23(3,4)31-24(30-22)20(26)16(14-9-11-15(25)12-10-14)13-19-21(29)28-18-8-6-5-7-17(18)27-19/h5-12H,13H2,1-4H3,(H,28,29). The van der Waals surface area contributed by atoms with Gasteiger partial charge in [0.05, 0.1) is 22.2 Å². The number of nitrogens with one attached hydrogen (secondary N) is 1. The van der Waals surface area contributed by atoms with E-state index in [1.165, 1.54) is 24.3 Å². The maximum atomic E-state index is 15.8. The molecule has 1 fully saturated rings. The summed E-state index contributed by atoms with van der Waals surface area (Å²) in [7, 11) is -1.25. The third-order valence-corrected chi connectivity index (χ3v) is 5.96. The van der Waals surface area contributed by atoms with Gasteiger partial charge < -0.3 is 14.3 Å². The van der Waals surface area contributed by atoms with Gasteiger partial charge in [-0.2, -0.15) is 0 Å². The highest BCUT2D eigenvalue weighted by Crippen LogP contribution is 2.40. The molecule has 1 aliphatic heterocycles. The van der Waals surface area contributed by atoms with Crippen molar-refractivity contribution >= 4 is 23.7 Å². The van der Waals surface area contributed by atoms with Crippen LogP contribution in [0.4, 0.5) is 8.78 Å². The van der Waals surface area contributed by atoms with Gasteiger partial charge in [-0.3, -0.25) is 4.79 Å². The first-order valence-corrected chi connectivity index (χ1v) is 10.1. The highest BCUT2D eigenvalue weighted by atomic mass is 19.1. The highest BCUT2D eigenvalue weighted by molar-refractivity contribution is 6.55. The summed E-state index contributed by atoms with van der Waals surface area (Å²) in [4.78, 5) is 19.8. The molecule has 0 unspecified atom stereocenters. The van der Waals surface area contributed by atoms with Crippen LogP contribution >= 0.6 is 0 Å². The zero-order chi connectivity index (χ0) is 22.4. The summed E-state index contributed by atoms with van der Waals surface area (Å²) < 4.78 is 41.0. The molecule has 1 N–H and O–H groups in total. The van der Waals surface area contributed by atoms with Crippen molar-refractivity contribution in [2.24, 2.45) is 0 Å². The fraction of sp³-hybridized carbons (Fsp3) is 0.304. The van der Waals surface area contributed by atoms with Crippen LogP contribution in [0.1, 0.15) is 39.0 Å². The number of benzene rings is 2. The molecule has 0 spiro atoms. The first-order chi connectivity index (χ1) is 14.6. The molecule has 1 aromatic heterocycles. The number of hydrogen-bond acceptors (Lipinski definition) is 4. The van der Waals surface area contributed by atoms with Crippen LogP contribution in [0.2, 0.25) is 0 Å². The number of H-pyrrole nitrogens is 1. The van der Waals surface area contributed by atoms with Crippen LogP contribution in [0.15, 0.2) is 59.1 Å². The third-order valence-electron chi connectivity index (χ3n) is 5.96. The molecule has 0 amide bonds. The van der Waals surface area contributed by atoms with Crippen molar-refractivity contribution in [3.63, 3.8) is 0 Å². The van der Waals surface area contributed by atoms with Crippen molar-refractivity contribution in [1.29, 1.82) is 0 Å². The van der Waals surface area contributed by atoms with Gasteiger partial charge in [0.2, 0.25) is 0 Å². The Hall–Kier alpha value is -2.84. The minimum atomic E-state index is -1.25. The molecule has 0 radical (unpaired) electrons. The Morgan fingerprint density at radius 1 is 1.03 bits per heavy atom. The molecule has 2 heterocycles. The normalized spacial score (nSPS) is 18.3. The average Bonchev–Trinajstić information content (AvgIpc) is 2.94. The molecular weight excluding hydrogens is 401 g/mol. The first kappa shape index (κ1) is 21.4. The lowest BCUT2D eigenvalue weighted by Crippen LogP contribution is -2.41. The Bertz CT molecular complexity index is 1200. The van der Waals surface area contributed by atoms with Gasteiger partial charge in [0.1, 0.15) is 17.2 Å².